The van der Waals surface area contributed by atoms with E-state index in [1.165, 1.54) is 50.2 Å². The molecule has 3 nitrogen and oxygen atoms in total. The van der Waals surface area contributed by atoms with E-state index in [2.05, 4.69) is 11.7 Å². The minimum Gasteiger partial charge on any atom is -0.429 e. The van der Waals surface area contributed by atoms with Gasteiger partial charge in [-0.2, -0.15) is 8.78 Å². The van der Waals surface area contributed by atoms with Gasteiger partial charge in [-0.25, -0.2) is 8.78 Å². The number of carbonyl (C=O) groups excluding carboxylic acids is 1. The molecule has 0 N–H and O–H groups in total. The van der Waals surface area contributed by atoms with Gasteiger partial charge >= 0.3 is 12.6 Å². The fourth-order valence-corrected chi connectivity index (χ4v) is 8.99. The van der Waals surface area contributed by atoms with Crippen LogP contribution in [0.3, 0.4) is 0 Å². The van der Waals surface area contributed by atoms with Crippen LogP contribution < -0.4 is 9.47 Å². The lowest BCUT2D eigenvalue weighted by Crippen LogP contribution is -2.31. The molecule has 0 amide bonds. The highest BCUT2D eigenvalue weighted by Crippen LogP contribution is 2.41. The molecular formula is C24H34F4O3Si. The Bertz CT molecular complexity index is 722. The lowest BCUT2D eigenvalue weighted by Gasteiger charge is -2.37. The van der Waals surface area contributed by atoms with E-state index in [9.17, 15) is 22.4 Å². The van der Waals surface area contributed by atoms with Crippen LogP contribution in [-0.2, 0) is 4.79 Å². The summed E-state index contributed by atoms with van der Waals surface area (Å²) in [5, 5.41) is 0. The van der Waals surface area contributed by atoms with Gasteiger partial charge in [-0.15, -0.1) is 0 Å². The first-order valence-electron chi connectivity index (χ1n) is 12.0. The highest BCUT2D eigenvalue weighted by atomic mass is 28.3. The zero-order valence-electron chi connectivity index (χ0n) is 18.8. The normalized spacial score (nSPS) is 26.2. The number of ether oxygens (including phenoxy) is 2. The predicted octanol–water partition coefficient (Wildman–Crippen LogP) is 7.11. The smallest absolute Gasteiger partial charge is 0.387 e. The second kappa shape index (κ2) is 12.0. The molecule has 0 unspecified atom stereocenters. The molecule has 2 aliphatic rings. The second-order valence-electron chi connectivity index (χ2n) is 9.40. The summed E-state index contributed by atoms with van der Waals surface area (Å²) in [4.78, 5) is 12.5. The third kappa shape index (κ3) is 6.96. The van der Waals surface area contributed by atoms with E-state index in [1.54, 1.807) is 0 Å². The fourth-order valence-electron chi connectivity index (χ4n) is 5.45. The van der Waals surface area contributed by atoms with Gasteiger partial charge in [0.1, 0.15) is 5.75 Å². The first-order chi connectivity index (χ1) is 15.4. The monoisotopic (exact) mass is 474 g/mol. The van der Waals surface area contributed by atoms with Crippen LogP contribution in [0.15, 0.2) is 12.1 Å². The second-order valence-corrected chi connectivity index (χ2v) is 12.9. The van der Waals surface area contributed by atoms with Crippen molar-refractivity contribution in [1.82, 2.24) is 0 Å². The Hall–Kier alpha value is -1.57. The van der Waals surface area contributed by atoms with Crippen LogP contribution >= 0.6 is 0 Å². The largest absolute Gasteiger partial charge is 0.429 e. The Kier molecular flexibility index (Phi) is 9.43. The molecule has 3 rings (SSSR count). The minimum atomic E-state index is -3.35. The van der Waals surface area contributed by atoms with Crippen LogP contribution in [0.5, 0.6) is 11.5 Å². The zero-order chi connectivity index (χ0) is 23.1. The molecule has 0 atom stereocenters. The molecule has 0 bridgehead atoms. The van der Waals surface area contributed by atoms with Crippen molar-refractivity contribution in [2.75, 3.05) is 0 Å². The number of rotatable bonds is 9. The summed E-state index contributed by atoms with van der Waals surface area (Å²) >= 11 is 0. The molecular weight excluding hydrogens is 440 g/mol. The third-order valence-electron chi connectivity index (χ3n) is 7.28. The maximum absolute atomic E-state index is 13.8. The van der Waals surface area contributed by atoms with Crippen molar-refractivity contribution in [3.8, 4) is 11.5 Å². The highest BCUT2D eigenvalue weighted by Gasteiger charge is 2.34. The lowest BCUT2D eigenvalue weighted by atomic mass is 9.74. The standard InChI is InChI=1S/C24H34F4O3Si/c1-2-3-4-11-32-12-9-17(10-13-32)16-5-7-18(8-6-16)23(29)30-19-14-20(25)22(21(26)15-19)31-24(27)28/h14-18,24,32H,2-13H2,1H3. The molecule has 1 saturated carbocycles. The van der Waals surface area contributed by atoms with Crippen LogP contribution in [0.2, 0.25) is 18.1 Å². The Labute approximate surface area is 189 Å². The summed E-state index contributed by atoms with van der Waals surface area (Å²) in [5.74, 6) is -3.55. The van der Waals surface area contributed by atoms with E-state index in [0.717, 1.165) is 31.6 Å². The van der Waals surface area contributed by atoms with Gasteiger partial charge in [0.15, 0.2) is 17.4 Å². The predicted molar refractivity (Wildman–Crippen MR) is 118 cm³/mol. The Balaban J connectivity index is 1.44. The molecule has 0 spiro atoms. The van der Waals surface area contributed by atoms with Crippen LogP contribution in [0.4, 0.5) is 17.6 Å². The van der Waals surface area contributed by atoms with Crippen LogP contribution in [0.1, 0.15) is 64.7 Å². The molecule has 0 radical (unpaired) electrons. The van der Waals surface area contributed by atoms with Gasteiger partial charge in [0.05, 0.1) is 5.92 Å². The van der Waals surface area contributed by atoms with E-state index >= 15 is 0 Å². The summed E-state index contributed by atoms with van der Waals surface area (Å²) in [6, 6.07) is 5.81. The first-order valence-corrected chi connectivity index (χ1v) is 14.5. The first kappa shape index (κ1) is 25.1. The summed E-state index contributed by atoms with van der Waals surface area (Å²) in [6.45, 7) is -1.09. The average molecular weight is 475 g/mol. The highest BCUT2D eigenvalue weighted by molar-refractivity contribution is 6.58. The van der Waals surface area contributed by atoms with E-state index in [4.69, 9.17) is 4.74 Å². The Morgan fingerprint density at radius 1 is 1.00 bits per heavy atom. The molecule has 1 aromatic carbocycles. The van der Waals surface area contributed by atoms with E-state index in [-0.39, 0.29) is 11.7 Å². The molecule has 1 aliphatic heterocycles. The molecule has 0 aromatic heterocycles. The van der Waals surface area contributed by atoms with Crippen molar-refractivity contribution in [2.45, 2.75) is 89.5 Å². The fraction of sp³-hybridized carbons (Fsp3) is 0.708. The topological polar surface area (TPSA) is 35.5 Å². The van der Waals surface area contributed by atoms with Gasteiger partial charge in [-0.1, -0.05) is 57.2 Å². The Morgan fingerprint density at radius 3 is 2.16 bits per heavy atom. The number of carbonyl (C=O) groups is 1. The third-order valence-corrected chi connectivity index (χ3v) is 10.8. The van der Waals surface area contributed by atoms with Crippen molar-refractivity contribution in [2.24, 2.45) is 17.8 Å². The molecule has 2 fully saturated rings. The van der Waals surface area contributed by atoms with Gasteiger partial charge in [0.2, 0.25) is 0 Å². The summed E-state index contributed by atoms with van der Waals surface area (Å²) in [7, 11) is -0.526. The molecule has 8 heteroatoms. The summed E-state index contributed by atoms with van der Waals surface area (Å²) in [5.41, 5.74) is 0. The zero-order valence-corrected chi connectivity index (χ0v) is 19.9. The van der Waals surface area contributed by atoms with E-state index < -0.39 is 38.8 Å². The lowest BCUT2D eigenvalue weighted by molar-refractivity contribution is -0.140. The SMILES string of the molecule is CCCCC[SiH]1CCC(C2CCC(C(=O)Oc3cc(F)c(OC(F)F)c(F)c3)CC2)CC1. The van der Waals surface area contributed by atoms with Crippen molar-refractivity contribution in [3.05, 3.63) is 23.8 Å². The van der Waals surface area contributed by atoms with E-state index in [1.807, 2.05) is 0 Å². The van der Waals surface area contributed by atoms with Gasteiger partial charge in [0.25, 0.3) is 0 Å². The van der Waals surface area contributed by atoms with Crippen molar-refractivity contribution in [1.29, 1.82) is 0 Å². The van der Waals surface area contributed by atoms with Crippen molar-refractivity contribution in [3.63, 3.8) is 0 Å². The number of halogens is 4. The number of unbranched alkanes of at least 4 members (excludes halogenated alkanes) is 2. The number of alkyl halides is 2. The average Bonchev–Trinajstić information content (AvgIpc) is 2.77. The van der Waals surface area contributed by atoms with Gasteiger partial charge < -0.3 is 9.47 Å². The quantitative estimate of drug-likeness (QED) is 0.126. The number of benzene rings is 1. The molecule has 1 aromatic rings. The number of esters is 1. The molecule has 1 saturated heterocycles. The van der Waals surface area contributed by atoms with E-state index in [0.29, 0.717) is 18.1 Å². The maximum atomic E-state index is 13.8. The number of hydrogen-bond donors (Lipinski definition) is 0. The summed E-state index contributed by atoms with van der Waals surface area (Å²) in [6.07, 6.45) is 10.1. The molecule has 180 valence electrons. The van der Waals surface area contributed by atoms with Crippen LogP contribution in [0, 0.1) is 29.4 Å². The summed E-state index contributed by atoms with van der Waals surface area (Å²) < 4.78 is 61.2. The van der Waals surface area contributed by atoms with Crippen molar-refractivity contribution >= 4 is 14.8 Å². The van der Waals surface area contributed by atoms with Gasteiger partial charge in [-0.3, -0.25) is 4.79 Å². The van der Waals surface area contributed by atoms with Gasteiger partial charge in [0, 0.05) is 20.9 Å². The minimum absolute atomic E-state index is 0.297. The van der Waals surface area contributed by atoms with Crippen LogP contribution in [0.25, 0.3) is 0 Å². The van der Waals surface area contributed by atoms with Crippen molar-refractivity contribution < 1.29 is 31.8 Å². The van der Waals surface area contributed by atoms with Gasteiger partial charge in [-0.05, 0) is 37.5 Å². The molecule has 1 heterocycles. The number of hydrogen-bond acceptors (Lipinski definition) is 3. The Morgan fingerprint density at radius 2 is 1.59 bits per heavy atom. The maximum Gasteiger partial charge on any atom is 0.387 e. The van der Waals surface area contributed by atoms with Crippen LogP contribution in [-0.4, -0.2) is 21.4 Å². The molecule has 1 aliphatic carbocycles. The molecule has 32 heavy (non-hydrogen) atoms.